The zero-order valence-electron chi connectivity index (χ0n) is 43.1. The fraction of sp³-hybridized carbons (Fsp3) is 0.879. The number of esters is 3. The Bertz CT molecular complexity index is 1040. The molecular weight excluding hydrogens is 793 g/mol. The predicted molar refractivity (Wildman–Crippen MR) is 275 cm³/mol. The topological polar surface area (TPSA) is 78.9 Å². The molecule has 376 valence electrons. The summed E-state index contributed by atoms with van der Waals surface area (Å²) >= 11 is 0. The Morgan fingerprint density at radius 2 is 0.578 bits per heavy atom. The van der Waals surface area contributed by atoms with Gasteiger partial charge in [-0.3, -0.25) is 14.4 Å². The molecule has 0 aromatic rings. The molecule has 0 saturated heterocycles. The minimum absolute atomic E-state index is 0.0702. The van der Waals surface area contributed by atoms with Crippen molar-refractivity contribution < 1.29 is 28.6 Å². The lowest BCUT2D eigenvalue weighted by molar-refractivity contribution is -0.167. The van der Waals surface area contributed by atoms with Gasteiger partial charge in [-0.2, -0.15) is 0 Å². The third-order valence-corrected chi connectivity index (χ3v) is 12.7. The number of carbonyl (C=O) groups is 3. The molecule has 0 fully saturated rings. The highest BCUT2D eigenvalue weighted by Crippen LogP contribution is 2.17. The summed E-state index contributed by atoms with van der Waals surface area (Å²) in [5.74, 6) is -0.864. The van der Waals surface area contributed by atoms with Crippen LogP contribution in [0.2, 0.25) is 0 Å². The Kier molecular flexibility index (Phi) is 51.7. The van der Waals surface area contributed by atoms with Crippen LogP contribution in [0.5, 0.6) is 0 Å². The highest BCUT2D eigenvalue weighted by molar-refractivity contribution is 5.71. The maximum atomic E-state index is 12.8. The maximum Gasteiger partial charge on any atom is 0.306 e. The van der Waals surface area contributed by atoms with E-state index in [1.807, 2.05) is 0 Å². The van der Waals surface area contributed by atoms with E-state index in [1.165, 1.54) is 193 Å². The molecule has 1 atom stereocenters. The summed E-state index contributed by atoms with van der Waals surface area (Å²) in [6.07, 6.45) is 61.6. The van der Waals surface area contributed by atoms with E-state index in [-0.39, 0.29) is 31.1 Å². The molecule has 0 bridgehead atoms. The summed E-state index contributed by atoms with van der Waals surface area (Å²) in [6.45, 7) is 6.64. The highest BCUT2D eigenvalue weighted by atomic mass is 16.6. The van der Waals surface area contributed by atoms with Gasteiger partial charge in [-0.05, 0) is 44.9 Å². The van der Waals surface area contributed by atoms with Crippen LogP contribution in [0.15, 0.2) is 24.3 Å². The van der Waals surface area contributed by atoms with Crippen LogP contribution in [0.25, 0.3) is 0 Å². The second-order valence-electron chi connectivity index (χ2n) is 19.2. The van der Waals surface area contributed by atoms with E-state index >= 15 is 0 Å². The SMILES string of the molecule is CCCC/C=C\C/C=C\CCCCCCCC(=O)OC[C@H](COC(=O)CCCCCCCCCCCCCCCCCCC)OC(=O)CCCCCCCCCCCCCCCCC. The first-order valence-electron chi connectivity index (χ1n) is 28.3. The van der Waals surface area contributed by atoms with Crippen LogP contribution in [0.4, 0.5) is 0 Å². The third kappa shape index (κ3) is 50.9. The maximum absolute atomic E-state index is 12.8. The van der Waals surface area contributed by atoms with E-state index < -0.39 is 6.10 Å². The molecule has 6 nitrogen and oxygen atoms in total. The standard InChI is InChI=1S/C58H108O6/c1-4-7-10-13-16-19-22-25-28-29-31-33-36-39-42-45-48-51-57(60)63-54-55(53-62-56(59)50-47-44-41-38-35-32-27-24-21-18-15-12-9-6-3)64-58(61)52-49-46-43-40-37-34-30-26-23-20-17-14-11-8-5-2/h15,18,24,27,55H,4-14,16-17,19-23,25-26,28-54H2,1-3H3/b18-15-,27-24-/t55-/m1/s1. The highest BCUT2D eigenvalue weighted by Gasteiger charge is 2.19. The number of rotatable bonds is 52. The van der Waals surface area contributed by atoms with E-state index in [1.54, 1.807) is 0 Å². The van der Waals surface area contributed by atoms with Gasteiger partial charge in [0.1, 0.15) is 13.2 Å². The van der Waals surface area contributed by atoms with Crippen LogP contribution in [0.3, 0.4) is 0 Å². The van der Waals surface area contributed by atoms with E-state index in [0.29, 0.717) is 19.3 Å². The van der Waals surface area contributed by atoms with Crippen molar-refractivity contribution in [1.82, 2.24) is 0 Å². The zero-order chi connectivity index (χ0) is 46.5. The lowest BCUT2D eigenvalue weighted by atomic mass is 10.0. The van der Waals surface area contributed by atoms with Crippen LogP contribution in [-0.4, -0.2) is 37.2 Å². The minimum atomic E-state index is -0.771. The fourth-order valence-electron chi connectivity index (χ4n) is 8.40. The minimum Gasteiger partial charge on any atom is -0.462 e. The molecule has 0 saturated carbocycles. The molecule has 0 N–H and O–H groups in total. The van der Waals surface area contributed by atoms with Crippen molar-refractivity contribution in [1.29, 1.82) is 0 Å². The second-order valence-corrected chi connectivity index (χ2v) is 19.2. The second kappa shape index (κ2) is 53.5. The summed E-state index contributed by atoms with van der Waals surface area (Å²) in [5, 5.41) is 0. The molecule has 0 radical (unpaired) electrons. The number of hydrogen-bond acceptors (Lipinski definition) is 6. The lowest BCUT2D eigenvalue weighted by Gasteiger charge is -2.18. The smallest absolute Gasteiger partial charge is 0.306 e. The molecule has 0 aromatic heterocycles. The van der Waals surface area contributed by atoms with E-state index in [4.69, 9.17) is 14.2 Å². The molecule has 6 heteroatoms. The lowest BCUT2D eigenvalue weighted by Crippen LogP contribution is -2.30. The Morgan fingerprint density at radius 3 is 0.906 bits per heavy atom. The predicted octanol–water partition coefficient (Wildman–Crippen LogP) is 18.7. The molecule has 0 unspecified atom stereocenters. The number of unbranched alkanes of at least 4 members (excludes halogenated alkanes) is 37. The molecular formula is C58H108O6. The van der Waals surface area contributed by atoms with Crippen molar-refractivity contribution in [3.05, 3.63) is 24.3 Å². The van der Waals surface area contributed by atoms with Crippen LogP contribution in [-0.2, 0) is 28.6 Å². The molecule has 64 heavy (non-hydrogen) atoms. The molecule has 0 aliphatic heterocycles. The fourth-order valence-corrected chi connectivity index (χ4v) is 8.40. The first-order chi connectivity index (χ1) is 31.5. The van der Waals surface area contributed by atoms with Crippen LogP contribution in [0, 0.1) is 0 Å². The summed E-state index contributed by atoms with van der Waals surface area (Å²) in [6, 6.07) is 0. The molecule has 0 amide bonds. The number of carbonyl (C=O) groups excluding carboxylic acids is 3. The summed E-state index contributed by atoms with van der Waals surface area (Å²) in [7, 11) is 0. The van der Waals surface area contributed by atoms with Gasteiger partial charge in [-0.25, -0.2) is 0 Å². The molecule has 0 heterocycles. The Morgan fingerprint density at radius 1 is 0.312 bits per heavy atom. The first-order valence-corrected chi connectivity index (χ1v) is 28.3. The van der Waals surface area contributed by atoms with Crippen molar-refractivity contribution in [3.63, 3.8) is 0 Å². The largest absolute Gasteiger partial charge is 0.462 e. The number of hydrogen-bond donors (Lipinski definition) is 0. The van der Waals surface area contributed by atoms with Gasteiger partial charge in [0.25, 0.3) is 0 Å². The van der Waals surface area contributed by atoms with Gasteiger partial charge in [0, 0.05) is 19.3 Å². The van der Waals surface area contributed by atoms with Crippen LogP contribution in [0.1, 0.15) is 310 Å². The molecule has 0 spiro atoms. The Balaban J connectivity index is 4.33. The van der Waals surface area contributed by atoms with Crippen molar-refractivity contribution in [2.75, 3.05) is 13.2 Å². The summed E-state index contributed by atoms with van der Waals surface area (Å²) in [5.41, 5.74) is 0. The van der Waals surface area contributed by atoms with Crippen LogP contribution < -0.4 is 0 Å². The summed E-state index contributed by atoms with van der Waals surface area (Å²) in [4.78, 5) is 38.1. The molecule has 0 aliphatic carbocycles. The summed E-state index contributed by atoms with van der Waals surface area (Å²) < 4.78 is 16.9. The average Bonchev–Trinajstić information content (AvgIpc) is 3.29. The van der Waals surface area contributed by atoms with Gasteiger partial charge < -0.3 is 14.2 Å². The van der Waals surface area contributed by atoms with E-state index in [2.05, 4.69) is 45.1 Å². The van der Waals surface area contributed by atoms with Crippen molar-refractivity contribution in [2.24, 2.45) is 0 Å². The molecule has 0 rings (SSSR count). The van der Waals surface area contributed by atoms with Crippen LogP contribution >= 0.6 is 0 Å². The van der Waals surface area contributed by atoms with Crippen molar-refractivity contribution >= 4 is 17.9 Å². The Labute approximate surface area is 398 Å². The normalized spacial score (nSPS) is 12.1. The van der Waals surface area contributed by atoms with E-state index in [0.717, 1.165) is 77.0 Å². The van der Waals surface area contributed by atoms with E-state index in [9.17, 15) is 14.4 Å². The van der Waals surface area contributed by atoms with Crippen molar-refractivity contribution in [2.45, 2.75) is 316 Å². The molecule has 0 aliphatic rings. The van der Waals surface area contributed by atoms with Gasteiger partial charge in [0.2, 0.25) is 0 Å². The van der Waals surface area contributed by atoms with Gasteiger partial charge in [-0.15, -0.1) is 0 Å². The third-order valence-electron chi connectivity index (χ3n) is 12.7. The first kappa shape index (κ1) is 61.9. The number of allylic oxidation sites excluding steroid dienone is 4. The van der Waals surface area contributed by atoms with Crippen molar-refractivity contribution in [3.8, 4) is 0 Å². The van der Waals surface area contributed by atoms with Gasteiger partial charge in [0.15, 0.2) is 6.10 Å². The quantitative estimate of drug-likeness (QED) is 0.0262. The monoisotopic (exact) mass is 901 g/mol. The van der Waals surface area contributed by atoms with Gasteiger partial charge >= 0.3 is 17.9 Å². The zero-order valence-corrected chi connectivity index (χ0v) is 43.1. The average molecular weight is 901 g/mol. The van der Waals surface area contributed by atoms with Gasteiger partial charge in [0.05, 0.1) is 0 Å². The van der Waals surface area contributed by atoms with Gasteiger partial charge in [-0.1, -0.05) is 270 Å². The molecule has 0 aromatic carbocycles. The Hall–Kier alpha value is -2.11. The number of ether oxygens (including phenoxy) is 3.